The first-order valence-electron chi connectivity index (χ1n) is 49.4. The molecule has 1 aliphatic heterocycles. The van der Waals surface area contributed by atoms with Crippen molar-refractivity contribution in [2.75, 3.05) is 111 Å². The van der Waals surface area contributed by atoms with Gasteiger partial charge in [0.2, 0.25) is 76.8 Å². The van der Waals surface area contributed by atoms with Crippen molar-refractivity contribution in [3.8, 4) is 0 Å². The van der Waals surface area contributed by atoms with Crippen LogP contribution in [0, 0.1) is 0 Å². The number of nitrogens with two attached hydrogens (primary N) is 6. The van der Waals surface area contributed by atoms with Crippen LogP contribution < -0.4 is 66.3 Å². The molecule has 0 aliphatic carbocycles. The molecule has 5 aromatic carbocycles. The molecule has 1 heterocycles. The summed E-state index contributed by atoms with van der Waals surface area (Å²) in [5, 5.41) is 18.7. The van der Waals surface area contributed by atoms with Crippen LogP contribution in [-0.2, 0) is 94.4 Å². The maximum absolute atomic E-state index is 15.6. The van der Waals surface area contributed by atoms with E-state index in [9.17, 15) is 24.0 Å². The van der Waals surface area contributed by atoms with Crippen LogP contribution in [0.25, 0.3) is 0 Å². The van der Waals surface area contributed by atoms with Crippen molar-refractivity contribution in [1.82, 2.24) is 61.3 Å². The van der Waals surface area contributed by atoms with Crippen LogP contribution in [0.5, 0.6) is 0 Å². The molecule has 0 radical (unpaired) electrons. The van der Waals surface area contributed by atoms with Crippen molar-refractivity contribution < 1.29 is 62.3 Å². The Morgan fingerprint density at radius 2 is 0.694 bits per heavy atom. The molecule has 18 N–H and O–H groups in total. The van der Waals surface area contributed by atoms with Gasteiger partial charge >= 0.3 is 0 Å². The maximum atomic E-state index is 15.6. The van der Waals surface area contributed by atoms with Gasteiger partial charge in [-0.3, -0.25) is 62.3 Å². The van der Waals surface area contributed by atoms with Gasteiger partial charge in [-0.2, -0.15) is 0 Å². The molecule has 6 rings (SSSR count). The van der Waals surface area contributed by atoms with Gasteiger partial charge in [0.25, 0.3) is 0 Å². The Bertz CT molecular complexity index is 4240. The summed E-state index contributed by atoms with van der Waals surface area (Å²) in [6.07, 6.45) is 18.8. The molecule has 1 fully saturated rings. The average Bonchev–Trinajstić information content (AvgIpc) is 0.867. The standard InChI is InChI=1S/C103H158N18O13/c1-2-3-4-5-6-7-8-9-10-11-12-13-29-51-98(129)116(74-91(109)122)68-86(49-31-34-61-105)111-94(125)76-121-73-90(67-84-46-27-18-28-47-84)115-96(127)78-118(102(133)58-55-81-40-21-15-22-41-81)70-87(50-32-35-62-106)112-93(124)75-119(99(130)52-36-63-107)71-88(65-82-42-23-16-24-43-82)114-97(128)79-120(100(131)53-37-64-108)72-89(66-83-44-25-17-26-45-83)113-95(126)77-117(101(132)57-54-80-38-19-14-20-39-80)69-85(48-30-33-60-104)110-92(123)56-59-103(121)134/h14-28,38-47,85-90H,2-13,29-37,48-79,104-108H2,1H3,(H2,109,122)(H,110,123)(H,111,125)(H,112,124)(H,113,126)(H,114,128)(H,115,127)/t85-,86-,87-,88-,89-,90-/m0/s1. The third kappa shape index (κ3) is 48.3. The molecule has 134 heavy (non-hydrogen) atoms. The van der Waals surface area contributed by atoms with Crippen LogP contribution in [-0.4, -0.2) is 254 Å². The monoisotopic (exact) mass is 1860 g/mol. The minimum atomic E-state index is -1.01. The zero-order valence-electron chi connectivity index (χ0n) is 79.8. The highest BCUT2D eigenvalue weighted by molar-refractivity contribution is 5.91. The van der Waals surface area contributed by atoms with Gasteiger partial charge in [0.1, 0.15) is 0 Å². The van der Waals surface area contributed by atoms with E-state index in [4.69, 9.17) is 34.4 Å². The van der Waals surface area contributed by atoms with E-state index in [-0.39, 0.29) is 142 Å². The topological polar surface area (TPSA) is 470 Å². The van der Waals surface area contributed by atoms with Crippen LogP contribution in [0.3, 0.4) is 0 Å². The minimum Gasteiger partial charge on any atom is -0.368 e. The number of rotatable bonds is 51. The summed E-state index contributed by atoms with van der Waals surface area (Å²) in [4.78, 5) is 201. The van der Waals surface area contributed by atoms with Crippen LogP contribution in [0.2, 0.25) is 0 Å². The molecule has 0 bridgehead atoms. The van der Waals surface area contributed by atoms with Gasteiger partial charge < -0.3 is 95.7 Å². The lowest BCUT2D eigenvalue weighted by Gasteiger charge is -2.33. The van der Waals surface area contributed by atoms with Crippen molar-refractivity contribution in [3.05, 3.63) is 179 Å². The highest BCUT2D eigenvalue weighted by Gasteiger charge is 2.34. The molecule has 1 saturated heterocycles. The second-order valence-electron chi connectivity index (χ2n) is 35.9. The fourth-order valence-electron chi connectivity index (χ4n) is 17.0. The van der Waals surface area contributed by atoms with Crippen molar-refractivity contribution >= 4 is 76.8 Å². The van der Waals surface area contributed by atoms with E-state index in [0.29, 0.717) is 83.0 Å². The minimum absolute atomic E-state index is 0.0482. The van der Waals surface area contributed by atoms with Crippen molar-refractivity contribution in [3.63, 3.8) is 0 Å². The highest BCUT2D eigenvalue weighted by atomic mass is 16.2. The Hall–Kier alpha value is -11.0. The number of benzene rings is 5. The first-order chi connectivity index (χ1) is 65.0. The zero-order chi connectivity index (χ0) is 96.7. The first kappa shape index (κ1) is 112. The van der Waals surface area contributed by atoms with E-state index in [2.05, 4.69) is 38.8 Å². The number of hydrogen-bond acceptors (Lipinski definition) is 18. The Kier molecular flexibility index (Phi) is 56.1. The maximum Gasteiger partial charge on any atom is 0.239 e. The summed E-state index contributed by atoms with van der Waals surface area (Å²) in [5.41, 5.74) is 40.1. The van der Waals surface area contributed by atoms with Gasteiger partial charge in [-0.05, 0) is 150 Å². The van der Waals surface area contributed by atoms with Gasteiger partial charge in [0.15, 0.2) is 0 Å². The lowest BCUT2D eigenvalue weighted by molar-refractivity contribution is -0.139. The van der Waals surface area contributed by atoms with Crippen molar-refractivity contribution in [1.29, 1.82) is 0 Å². The summed E-state index contributed by atoms with van der Waals surface area (Å²) in [6.45, 7) is -1.02. The molecule has 31 nitrogen and oxygen atoms in total. The van der Waals surface area contributed by atoms with Gasteiger partial charge in [0.05, 0.1) is 57.4 Å². The first-order valence-corrected chi connectivity index (χ1v) is 49.4. The van der Waals surface area contributed by atoms with E-state index < -0.39 is 159 Å². The van der Waals surface area contributed by atoms with Crippen molar-refractivity contribution in [2.24, 2.45) is 34.4 Å². The molecule has 0 unspecified atom stereocenters. The molecule has 738 valence electrons. The molecular formula is C103H158N18O13. The third-order valence-electron chi connectivity index (χ3n) is 24.2. The van der Waals surface area contributed by atoms with E-state index in [1.165, 1.54) is 80.8 Å². The fraction of sp³-hybridized carbons (Fsp3) is 0.583. The predicted octanol–water partition coefficient (Wildman–Crippen LogP) is 7.49. The molecule has 5 aromatic rings. The second-order valence-corrected chi connectivity index (χ2v) is 35.9. The van der Waals surface area contributed by atoms with E-state index >= 15 is 38.4 Å². The predicted molar refractivity (Wildman–Crippen MR) is 525 cm³/mol. The second kappa shape index (κ2) is 67.2. The summed E-state index contributed by atoms with van der Waals surface area (Å²) in [7, 11) is 0. The number of carbonyl (C=O) groups is 13. The van der Waals surface area contributed by atoms with E-state index in [1.54, 1.807) is 0 Å². The quantitative estimate of drug-likeness (QED) is 0.0168. The number of aryl methyl sites for hydroxylation is 2. The third-order valence-corrected chi connectivity index (χ3v) is 24.2. The Labute approximate surface area is 795 Å². The zero-order valence-corrected chi connectivity index (χ0v) is 79.8. The van der Waals surface area contributed by atoms with Crippen LogP contribution in [0.1, 0.15) is 234 Å². The molecule has 0 spiro atoms. The number of amides is 13. The molecule has 31 heteroatoms. The molecule has 0 saturated carbocycles. The SMILES string of the molecule is CCCCCCCCCCCCCCCC(=O)N(CC(N)=O)C[C@H](CCCCN)NC(=O)CN1C[C@H](Cc2ccccc2)NC(=O)CN(C(=O)CCc2ccccc2)C[C@H](CCCCN)NC(=O)CN(C(=O)CCCN)C[C@H](Cc2ccccc2)NC(=O)CN(C(=O)CCCN)C[C@H](Cc2ccccc2)NC(=O)CN(C(=O)CCc2ccccc2)C[C@H](CCCCN)NC(=O)CCC1=O. The van der Waals surface area contributed by atoms with E-state index in [0.717, 1.165) is 47.9 Å². The molecule has 0 aromatic heterocycles. The number of carbonyl (C=O) groups excluding carboxylic acids is 13. The van der Waals surface area contributed by atoms with Crippen LogP contribution in [0.15, 0.2) is 152 Å². The number of nitrogens with zero attached hydrogens (tertiary/aromatic N) is 6. The highest BCUT2D eigenvalue weighted by Crippen LogP contribution is 2.20. The molecule has 6 atom stereocenters. The van der Waals surface area contributed by atoms with Crippen molar-refractivity contribution in [2.45, 2.75) is 274 Å². The number of primary amides is 1. The van der Waals surface area contributed by atoms with E-state index in [1.807, 2.05) is 152 Å². The smallest absolute Gasteiger partial charge is 0.239 e. The van der Waals surface area contributed by atoms with Gasteiger partial charge in [-0.1, -0.05) is 255 Å². The summed E-state index contributed by atoms with van der Waals surface area (Å²) < 4.78 is 0. The number of unbranched alkanes of at least 4 members (excludes halogenated alkanes) is 15. The molecule has 13 amide bonds. The molecular weight excluding hydrogens is 1700 g/mol. The van der Waals surface area contributed by atoms with Gasteiger partial charge in [0, 0.05) is 102 Å². The Morgan fingerprint density at radius 1 is 0.366 bits per heavy atom. The lowest BCUT2D eigenvalue weighted by atomic mass is 10.0. The summed E-state index contributed by atoms with van der Waals surface area (Å²) in [5.74, 6) is -7.33. The Balaban J connectivity index is 1.48. The largest absolute Gasteiger partial charge is 0.368 e. The fourth-order valence-corrected chi connectivity index (χ4v) is 17.0. The normalized spacial score (nSPS) is 17.4. The van der Waals surface area contributed by atoms with Gasteiger partial charge in [-0.15, -0.1) is 0 Å². The van der Waals surface area contributed by atoms with Crippen LogP contribution >= 0.6 is 0 Å². The number of hydrogen-bond donors (Lipinski definition) is 12. The van der Waals surface area contributed by atoms with Gasteiger partial charge in [-0.25, -0.2) is 0 Å². The Morgan fingerprint density at radius 3 is 1.07 bits per heavy atom. The average molecular weight is 1860 g/mol. The number of nitrogens with one attached hydrogen (secondary N) is 6. The lowest BCUT2D eigenvalue weighted by Crippen LogP contribution is -2.55. The summed E-state index contributed by atoms with van der Waals surface area (Å²) >= 11 is 0. The molecule has 1 aliphatic rings. The van der Waals surface area contributed by atoms with Crippen LogP contribution in [0.4, 0.5) is 0 Å². The summed E-state index contributed by atoms with van der Waals surface area (Å²) in [6, 6.07) is 41.0.